The summed E-state index contributed by atoms with van der Waals surface area (Å²) in [7, 11) is 0. The average molecular weight is 207 g/mol. The van der Waals surface area contributed by atoms with Crippen LogP contribution in [0.4, 0.5) is 0 Å². The molecule has 15 heavy (non-hydrogen) atoms. The van der Waals surface area contributed by atoms with E-state index in [1.807, 2.05) is 0 Å². The molecule has 0 amide bonds. The minimum absolute atomic E-state index is 0.423. The lowest BCUT2D eigenvalue weighted by atomic mass is 9.90. The highest BCUT2D eigenvalue weighted by Gasteiger charge is 2.43. The minimum Gasteiger partial charge on any atom is -0.313 e. The van der Waals surface area contributed by atoms with Crippen LogP contribution in [-0.4, -0.2) is 18.4 Å². The van der Waals surface area contributed by atoms with Crippen molar-refractivity contribution in [2.45, 2.75) is 45.1 Å². The van der Waals surface area contributed by atoms with Gasteiger partial charge in [-0.2, -0.15) is 0 Å². The molecule has 1 saturated heterocycles. The van der Waals surface area contributed by atoms with Crippen molar-refractivity contribution in [2.24, 2.45) is 23.7 Å². The Morgan fingerprint density at radius 2 is 2.20 bits per heavy atom. The molecule has 5 unspecified atom stereocenters. The highest BCUT2D eigenvalue weighted by atomic mass is 16.1. The molecule has 2 aliphatic carbocycles. The molecule has 0 bridgehead atoms. The summed E-state index contributed by atoms with van der Waals surface area (Å²) >= 11 is 0. The van der Waals surface area contributed by atoms with Crippen molar-refractivity contribution in [3.63, 3.8) is 0 Å². The summed E-state index contributed by atoms with van der Waals surface area (Å²) in [6.07, 6.45) is 6.11. The molecule has 3 fully saturated rings. The van der Waals surface area contributed by atoms with Crippen LogP contribution in [0.1, 0.15) is 39.0 Å². The molecular formula is C13H21NO. The second-order valence-electron chi connectivity index (χ2n) is 5.86. The van der Waals surface area contributed by atoms with E-state index in [9.17, 15) is 4.79 Å². The van der Waals surface area contributed by atoms with Crippen LogP contribution >= 0.6 is 0 Å². The zero-order chi connectivity index (χ0) is 10.4. The first-order chi connectivity index (χ1) is 7.25. The molecule has 84 valence electrons. The molecule has 0 aromatic rings. The van der Waals surface area contributed by atoms with Gasteiger partial charge in [-0.05, 0) is 43.6 Å². The molecule has 0 radical (unpaired) electrons. The van der Waals surface area contributed by atoms with Gasteiger partial charge in [0.15, 0.2) is 0 Å². The Bertz CT molecular complexity index is 276. The molecule has 3 aliphatic rings. The van der Waals surface area contributed by atoms with Crippen LogP contribution in [0, 0.1) is 23.7 Å². The number of rotatable bonds is 3. The van der Waals surface area contributed by atoms with E-state index in [0.717, 1.165) is 24.7 Å². The predicted octanol–water partition coefficient (Wildman–Crippen LogP) is 1.99. The van der Waals surface area contributed by atoms with Gasteiger partial charge in [0.1, 0.15) is 5.78 Å². The predicted molar refractivity (Wildman–Crippen MR) is 59.5 cm³/mol. The van der Waals surface area contributed by atoms with Crippen LogP contribution in [0.15, 0.2) is 0 Å². The molecule has 2 nitrogen and oxygen atoms in total. The summed E-state index contributed by atoms with van der Waals surface area (Å²) in [6.45, 7) is 3.37. The number of Topliss-reactive ketones (excluding diaryl/α,β-unsaturated/α-hetero) is 1. The van der Waals surface area contributed by atoms with Crippen molar-refractivity contribution in [1.29, 1.82) is 0 Å². The van der Waals surface area contributed by atoms with Crippen LogP contribution in [0.5, 0.6) is 0 Å². The maximum Gasteiger partial charge on any atom is 0.137 e. The smallest absolute Gasteiger partial charge is 0.137 e. The highest BCUT2D eigenvalue weighted by molar-refractivity contribution is 5.84. The molecule has 1 heterocycles. The van der Waals surface area contributed by atoms with Crippen molar-refractivity contribution >= 4 is 5.78 Å². The second-order valence-corrected chi connectivity index (χ2v) is 5.86. The molecule has 1 aliphatic heterocycles. The fourth-order valence-corrected chi connectivity index (χ4v) is 3.67. The highest BCUT2D eigenvalue weighted by Crippen LogP contribution is 2.42. The summed E-state index contributed by atoms with van der Waals surface area (Å²) in [6, 6.07) is 0.526. The lowest BCUT2D eigenvalue weighted by molar-refractivity contribution is -0.121. The summed E-state index contributed by atoms with van der Waals surface area (Å²) in [5, 5.41) is 3.57. The fourth-order valence-electron chi connectivity index (χ4n) is 3.67. The standard InChI is InChI=1S/C13H21NO/c1-8-5-11(8)13(15)6-12-10-4-2-3-9(10)7-14-12/h8-12,14H,2-7H2,1H3. The summed E-state index contributed by atoms with van der Waals surface area (Å²) < 4.78 is 0. The average Bonchev–Trinajstić information content (AvgIpc) is 2.64. The van der Waals surface area contributed by atoms with Gasteiger partial charge in [0, 0.05) is 18.4 Å². The third kappa shape index (κ3) is 1.73. The third-order valence-corrected chi connectivity index (χ3v) is 4.82. The second kappa shape index (κ2) is 3.58. The van der Waals surface area contributed by atoms with Crippen molar-refractivity contribution in [1.82, 2.24) is 5.32 Å². The Morgan fingerprint density at radius 1 is 1.40 bits per heavy atom. The van der Waals surface area contributed by atoms with E-state index < -0.39 is 0 Å². The number of carbonyl (C=O) groups excluding carboxylic acids is 1. The van der Waals surface area contributed by atoms with Crippen molar-refractivity contribution in [3.8, 4) is 0 Å². The Balaban J connectivity index is 1.57. The topological polar surface area (TPSA) is 29.1 Å². The first-order valence-electron chi connectivity index (χ1n) is 6.52. The van der Waals surface area contributed by atoms with Crippen molar-refractivity contribution in [3.05, 3.63) is 0 Å². The van der Waals surface area contributed by atoms with Gasteiger partial charge in [-0.25, -0.2) is 0 Å². The Kier molecular flexibility index (Phi) is 2.35. The van der Waals surface area contributed by atoms with Crippen molar-refractivity contribution < 1.29 is 4.79 Å². The zero-order valence-electron chi connectivity index (χ0n) is 9.54. The Labute approximate surface area is 91.8 Å². The van der Waals surface area contributed by atoms with E-state index in [2.05, 4.69) is 12.2 Å². The first kappa shape index (κ1) is 9.83. The normalized spacial score (nSPS) is 47.9. The van der Waals surface area contributed by atoms with E-state index in [-0.39, 0.29) is 0 Å². The van der Waals surface area contributed by atoms with E-state index in [1.54, 1.807) is 0 Å². The van der Waals surface area contributed by atoms with Gasteiger partial charge in [0.2, 0.25) is 0 Å². The largest absolute Gasteiger partial charge is 0.313 e. The molecule has 2 saturated carbocycles. The molecule has 1 N–H and O–H groups in total. The summed E-state index contributed by atoms with van der Waals surface area (Å²) in [5.41, 5.74) is 0. The lowest BCUT2D eigenvalue weighted by Crippen LogP contribution is -2.30. The number of carbonyl (C=O) groups is 1. The Hall–Kier alpha value is -0.370. The maximum absolute atomic E-state index is 11.9. The van der Waals surface area contributed by atoms with E-state index >= 15 is 0 Å². The van der Waals surface area contributed by atoms with E-state index in [0.29, 0.717) is 23.7 Å². The van der Waals surface area contributed by atoms with Crippen molar-refractivity contribution in [2.75, 3.05) is 6.54 Å². The van der Waals surface area contributed by atoms with Gasteiger partial charge in [-0.15, -0.1) is 0 Å². The van der Waals surface area contributed by atoms with E-state index in [1.165, 1.54) is 25.8 Å². The van der Waals surface area contributed by atoms with E-state index in [4.69, 9.17) is 0 Å². The molecule has 5 atom stereocenters. The van der Waals surface area contributed by atoms with Gasteiger partial charge in [-0.1, -0.05) is 13.3 Å². The lowest BCUT2D eigenvalue weighted by Gasteiger charge is -2.17. The first-order valence-corrected chi connectivity index (χ1v) is 6.52. The number of fused-ring (bicyclic) bond motifs is 1. The third-order valence-electron chi connectivity index (χ3n) is 4.82. The maximum atomic E-state index is 11.9. The molecule has 2 heteroatoms. The Morgan fingerprint density at radius 3 is 2.93 bits per heavy atom. The van der Waals surface area contributed by atoms with Crippen LogP contribution in [-0.2, 0) is 4.79 Å². The van der Waals surface area contributed by atoms with Gasteiger partial charge < -0.3 is 5.32 Å². The minimum atomic E-state index is 0.423. The number of ketones is 1. The van der Waals surface area contributed by atoms with Gasteiger partial charge in [0.05, 0.1) is 0 Å². The number of hydrogen-bond donors (Lipinski definition) is 1. The van der Waals surface area contributed by atoms with Crippen LogP contribution in [0.25, 0.3) is 0 Å². The van der Waals surface area contributed by atoms with Gasteiger partial charge in [-0.3, -0.25) is 4.79 Å². The molecule has 3 rings (SSSR count). The van der Waals surface area contributed by atoms with Crippen LogP contribution < -0.4 is 5.32 Å². The summed E-state index contributed by atoms with van der Waals surface area (Å²) in [4.78, 5) is 11.9. The number of hydrogen-bond acceptors (Lipinski definition) is 2. The summed E-state index contributed by atoms with van der Waals surface area (Å²) in [5.74, 6) is 3.35. The zero-order valence-corrected chi connectivity index (χ0v) is 9.54. The molecule has 0 aromatic carbocycles. The van der Waals surface area contributed by atoms with Gasteiger partial charge >= 0.3 is 0 Å². The molecule has 0 spiro atoms. The van der Waals surface area contributed by atoms with Crippen LogP contribution in [0.2, 0.25) is 0 Å². The van der Waals surface area contributed by atoms with Crippen LogP contribution in [0.3, 0.4) is 0 Å². The molecule has 0 aromatic heterocycles. The SMILES string of the molecule is CC1CC1C(=O)CC1NCC2CCCC21. The number of nitrogens with one attached hydrogen (secondary N) is 1. The van der Waals surface area contributed by atoms with Gasteiger partial charge in [0.25, 0.3) is 0 Å². The molecular weight excluding hydrogens is 186 g/mol. The monoisotopic (exact) mass is 207 g/mol. The fraction of sp³-hybridized carbons (Fsp3) is 0.923. The quantitative estimate of drug-likeness (QED) is 0.767.